The Labute approximate surface area is 126 Å². The van der Waals surface area contributed by atoms with Crippen LogP contribution in [0.1, 0.15) is 38.3 Å². The molecule has 1 rings (SSSR count). The van der Waals surface area contributed by atoms with Gasteiger partial charge in [-0.05, 0) is 29.9 Å². The van der Waals surface area contributed by atoms with Gasteiger partial charge in [0.15, 0.2) is 0 Å². The second kappa shape index (κ2) is 7.25. The molecule has 0 aliphatic heterocycles. The van der Waals surface area contributed by atoms with Crippen LogP contribution in [0.3, 0.4) is 0 Å². The minimum Gasteiger partial charge on any atom is -0.481 e. The van der Waals surface area contributed by atoms with Gasteiger partial charge in [-0.2, -0.15) is 0 Å². The van der Waals surface area contributed by atoms with E-state index in [-0.39, 0.29) is 24.3 Å². The van der Waals surface area contributed by atoms with Crippen molar-refractivity contribution in [1.29, 1.82) is 0 Å². The average molecular weight is 291 g/mol. The third-order valence-corrected chi connectivity index (χ3v) is 3.37. The topological polar surface area (TPSA) is 66.4 Å². The van der Waals surface area contributed by atoms with Crippen molar-refractivity contribution in [2.24, 2.45) is 11.3 Å². The summed E-state index contributed by atoms with van der Waals surface area (Å²) in [6.45, 7) is 8.13. The Morgan fingerprint density at radius 2 is 1.86 bits per heavy atom. The van der Waals surface area contributed by atoms with Crippen molar-refractivity contribution in [3.05, 3.63) is 35.4 Å². The molecule has 4 heteroatoms. The van der Waals surface area contributed by atoms with E-state index in [1.54, 1.807) is 0 Å². The van der Waals surface area contributed by atoms with E-state index in [4.69, 9.17) is 0 Å². The predicted octanol–water partition coefficient (Wildman–Crippen LogP) is 2.79. The van der Waals surface area contributed by atoms with Gasteiger partial charge in [-0.1, -0.05) is 45.0 Å². The van der Waals surface area contributed by atoms with Crippen LogP contribution >= 0.6 is 0 Å². The Morgan fingerprint density at radius 3 is 2.38 bits per heavy atom. The molecule has 1 unspecified atom stereocenters. The first-order chi connectivity index (χ1) is 9.69. The van der Waals surface area contributed by atoms with Crippen LogP contribution in [0.25, 0.3) is 0 Å². The van der Waals surface area contributed by atoms with Gasteiger partial charge in [0.05, 0.1) is 12.3 Å². The highest BCUT2D eigenvalue weighted by atomic mass is 16.4. The number of aryl methyl sites for hydroxylation is 1. The molecule has 0 heterocycles. The molecule has 0 aliphatic rings. The highest BCUT2D eigenvalue weighted by molar-refractivity contribution is 5.79. The summed E-state index contributed by atoms with van der Waals surface area (Å²) in [6, 6.07) is 7.71. The number of rotatable bonds is 6. The summed E-state index contributed by atoms with van der Waals surface area (Å²) in [7, 11) is 0. The van der Waals surface area contributed by atoms with E-state index in [0.29, 0.717) is 6.42 Å². The van der Waals surface area contributed by atoms with Crippen LogP contribution in [0.4, 0.5) is 0 Å². The fourth-order valence-corrected chi connectivity index (χ4v) is 2.27. The lowest BCUT2D eigenvalue weighted by Gasteiger charge is -2.23. The molecule has 0 radical (unpaired) electrons. The van der Waals surface area contributed by atoms with Crippen molar-refractivity contribution in [3.63, 3.8) is 0 Å². The monoisotopic (exact) mass is 291 g/mol. The van der Waals surface area contributed by atoms with E-state index in [9.17, 15) is 14.7 Å². The molecule has 0 spiro atoms. The maximum absolute atomic E-state index is 12.0. The van der Waals surface area contributed by atoms with Crippen molar-refractivity contribution in [2.75, 3.05) is 6.54 Å². The van der Waals surface area contributed by atoms with E-state index in [1.807, 2.05) is 52.0 Å². The highest BCUT2D eigenvalue weighted by Crippen LogP contribution is 2.24. The molecule has 116 valence electrons. The van der Waals surface area contributed by atoms with Crippen LogP contribution in [-0.2, 0) is 16.0 Å². The van der Waals surface area contributed by atoms with Crippen molar-refractivity contribution in [2.45, 2.75) is 40.5 Å². The smallest absolute Gasteiger partial charge is 0.308 e. The number of carbonyl (C=O) groups excluding carboxylic acids is 1. The molecule has 1 aromatic rings. The van der Waals surface area contributed by atoms with Gasteiger partial charge in [-0.3, -0.25) is 9.59 Å². The first-order valence-electron chi connectivity index (χ1n) is 7.23. The van der Waals surface area contributed by atoms with Gasteiger partial charge in [0, 0.05) is 6.54 Å². The number of carbonyl (C=O) groups is 2. The van der Waals surface area contributed by atoms with Crippen molar-refractivity contribution >= 4 is 11.9 Å². The van der Waals surface area contributed by atoms with Crippen LogP contribution in [-0.4, -0.2) is 23.5 Å². The largest absolute Gasteiger partial charge is 0.481 e. The SMILES string of the molecule is Cc1ccccc1CC(=O)NCC(CC(C)(C)C)C(=O)O. The summed E-state index contributed by atoms with van der Waals surface area (Å²) in [5, 5.41) is 12.0. The normalized spacial score (nSPS) is 12.8. The lowest BCUT2D eigenvalue weighted by Crippen LogP contribution is -2.35. The number of carboxylic acid groups (broad SMARTS) is 1. The Morgan fingerprint density at radius 1 is 1.24 bits per heavy atom. The van der Waals surface area contributed by atoms with Crippen LogP contribution in [0.15, 0.2) is 24.3 Å². The molecule has 0 aliphatic carbocycles. The van der Waals surface area contributed by atoms with Crippen LogP contribution < -0.4 is 5.32 Å². The van der Waals surface area contributed by atoms with Gasteiger partial charge in [0.1, 0.15) is 0 Å². The van der Waals surface area contributed by atoms with Crippen LogP contribution in [0, 0.1) is 18.3 Å². The van der Waals surface area contributed by atoms with Gasteiger partial charge in [-0.25, -0.2) is 0 Å². The molecule has 0 bridgehead atoms. The molecule has 0 fully saturated rings. The maximum Gasteiger partial charge on any atom is 0.308 e. The molecule has 1 amide bonds. The quantitative estimate of drug-likeness (QED) is 0.847. The second-order valence-corrected chi connectivity index (χ2v) is 6.71. The molecule has 0 saturated heterocycles. The number of nitrogens with one attached hydrogen (secondary N) is 1. The van der Waals surface area contributed by atoms with E-state index in [2.05, 4.69) is 5.32 Å². The second-order valence-electron chi connectivity index (χ2n) is 6.71. The zero-order valence-corrected chi connectivity index (χ0v) is 13.3. The predicted molar refractivity (Wildman–Crippen MR) is 83.1 cm³/mol. The van der Waals surface area contributed by atoms with E-state index < -0.39 is 11.9 Å². The number of carboxylic acids is 1. The third kappa shape index (κ3) is 6.43. The standard InChI is InChI=1S/C17H25NO3/c1-12-7-5-6-8-13(12)9-15(19)18-11-14(16(20)21)10-17(2,3)4/h5-8,14H,9-11H2,1-4H3,(H,18,19)(H,20,21). The van der Waals surface area contributed by atoms with Crippen LogP contribution in [0.2, 0.25) is 0 Å². The van der Waals surface area contributed by atoms with Crippen molar-refractivity contribution in [1.82, 2.24) is 5.32 Å². The van der Waals surface area contributed by atoms with Crippen molar-refractivity contribution < 1.29 is 14.7 Å². The highest BCUT2D eigenvalue weighted by Gasteiger charge is 2.24. The van der Waals surface area contributed by atoms with Crippen molar-refractivity contribution in [3.8, 4) is 0 Å². The Hall–Kier alpha value is -1.84. The lowest BCUT2D eigenvalue weighted by molar-refractivity contribution is -0.142. The molecular formula is C17H25NO3. The summed E-state index contributed by atoms with van der Waals surface area (Å²) in [4.78, 5) is 23.2. The van der Waals surface area contributed by atoms with E-state index >= 15 is 0 Å². The van der Waals surface area contributed by atoms with Gasteiger partial charge in [-0.15, -0.1) is 0 Å². The van der Waals surface area contributed by atoms with E-state index in [1.165, 1.54) is 0 Å². The molecule has 1 aromatic carbocycles. The molecule has 21 heavy (non-hydrogen) atoms. The maximum atomic E-state index is 12.0. The average Bonchev–Trinajstić information content (AvgIpc) is 2.35. The van der Waals surface area contributed by atoms with Crippen LogP contribution in [0.5, 0.6) is 0 Å². The summed E-state index contributed by atoms with van der Waals surface area (Å²) < 4.78 is 0. The summed E-state index contributed by atoms with van der Waals surface area (Å²) in [6.07, 6.45) is 0.821. The minimum atomic E-state index is -0.860. The van der Waals surface area contributed by atoms with E-state index in [0.717, 1.165) is 11.1 Å². The molecular weight excluding hydrogens is 266 g/mol. The summed E-state index contributed by atoms with van der Waals surface area (Å²) in [5.74, 6) is -1.55. The van der Waals surface area contributed by atoms with Gasteiger partial charge in [0.2, 0.25) is 5.91 Å². The zero-order chi connectivity index (χ0) is 16.0. The fraction of sp³-hybridized carbons (Fsp3) is 0.529. The number of hydrogen-bond acceptors (Lipinski definition) is 2. The van der Waals surface area contributed by atoms with Gasteiger partial charge in [0.25, 0.3) is 0 Å². The third-order valence-electron chi connectivity index (χ3n) is 3.37. The molecule has 1 atom stereocenters. The zero-order valence-electron chi connectivity index (χ0n) is 13.3. The minimum absolute atomic E-state index is 0.0796. The lowest BCUT2D eigenvalue weighted by atomic mass is 9.84. The van der Waals surface area contributed by atoms with Gasteiger partial charge < -0.3 is 10.4 Å². The molecule has 2 N–H and O–H groups in total. The molecule has 4 nitrogen and oxygen atoms in total. The Kier molecular flexibility index (Phi) is 5.94. The number of benzene rings is 1. The first-order valence-corrected chi connectivity index (χ1v) is 7.23. The Bertz CT molecular complexity index is 503. The first kappa shape index (κ1) is 17.2. The number of hydrogen-bond donors (Lipinski definition) is 2. The molecule has 0 saturated carbocycles. The van der Waals surface area contributed by atoms with Gasteiger partial charge >= 0.3 is 5.97 Å². The summed E-state index contributed by atoms with van der Waals surface area (Å²) >= 11 is 0. The number of aliphatic carboxylic acids is 1. The molecule has 0 aromatic heterocycles. The fourth-order valence-electron chi connectivity index (χ4n) is 2.27. The Balaban J connectivity index is 2.54. The number of amides is 1. The summed E-state index contributed by atoms with van der Waals surface area (Å²) in [5.41, 5.74) is 1.96.